The third-order valence-electron chi connectivity index (χ3n) is 4.20. The largest absolute Gasteiger partial charge is 0.451 e. The van der Waals surface area contributed by atoms with Crippen molar-refractivity contribution in [2.24, 2.45) is 0 Å². The van der Waals surface area contributed by atoms with Crippen molar-refractivity contribution in [2.45, 2.75) is 12.3 Å². The van der Waals surface area contributed by atoms with E-state index in [1.54, 1.807) is 4.90 Å². The van der Waals surface area contributed by atoms with Crippen LogP contribution in [0.2, 0.25) is 0 Å². The van der Waals surface area contributed by atoms with Crippen molar-refractivity contribution in [1.29, 1.82) is 0 Å². The van der Waals surface area contributed by atoms with E-state index in [2.05, 4.69) is 19.9 Å². The summed E-state index contributed by atoms with van der Waals surface area (Å²) in [4.78, 5) is 15.2. The second-order valence-corrected chi connectivity index (χ2v) is 5.95. The van der Waals surface area contributed by atoms with Crippen LogP contribution in [0.5, 0.6) is 0 Å². The Morgan fingerprint density at radius 2 is 1.96 bits per heavy atom. The summed E-state index contributed by atoms with van der Waals surface area (Å²) in [6.45, 7) is 0.542. The first kappa shape index (κ1) is 17.6. The highest BCUT2D eigenvalue weighted by molar-refractivity contribution is 5.83. The Kier molecular flexibility index (Phi) is 4.17. The average Bonchev–Trinajstić information content (AvgIpc) is 3.11. The summed E-state index contributed by atoms with van der Waals surface area (Å²) in [7, 11) is 0. The van der Waals surface area contributed by atoms with Gasteiger partial charge in [0.2, 0.25) is 5.82 Å². The van der Waals surface area contributed by atoms with E-state index in [-0.39, 0.29) is 36.7 Å². The molecular formula is C16H12F5N5O. The summed E-state index contributed by atoms with van der Waals surface area (Å²) in [6, 6.07) is 3.36. The molecule has 1 atom stereocenters. The van der Waals surface area contributed by atoms with Crippen LogP contribution in [0.1, 0.15) is 17.5 Å². The first-order valence-corrected chi connectivity index (χ1v) is 7.93. The third kappa shape index (κ3) is 3.29. The number of ether oxygens (including phenoxy) is 1. The predicted octanol–water partition coefficient (Wildman–Crippen LogP) is 3.23. The van der Waals surface area contributed by atoms with Crippen molar-refractivity contribution < 1.29 is 26.7 Å². The van der Waals surface area contributed by atoms with Gasteiger partial charge in [-0.15, -0.1) is 0 Å². The SMILES string of the molecule is Fc1ccc(C2CN(c3nc(C(F)(F)F)nc4nc[nH]c34)CCO2)cc1F. The molecule has 27 heavy (non-hydrogen) atoms. The van der Waals surface area contributed by atoms with Gasteiger partial charge >= 0.3 is 6.18 Å². The molecule has 11 heteroatoms. The number of rotatable bonds is 2. The molecule has 0 spiro atoms. The number of imidazole rings is 1. The van der Waals surface area contributed by atoms with E-state index in [1.165, 1.54) is 12.4 Å². The zero-order valence-corrected chi connectivity index (χ0v) is 13.6. The van der Waals surface area contributed by atoms with Crippen molar-refractivity contribution in [2.75, 3.05) is 24.6 Å². The molecular weight excluding hydrogens is 373 g/mol. The van der Waals surface area contributed by atoms with E-state index in [4.69, 9.17) is 4.74 Å². The number of halogens is 5. The number of nitrogens with one attached hydrogen (secondary N) is 1. The maximum absolute atomic E-state index is 13.5. The fourth-order valence-corrected chi connectivity index (χ4v) is 2.93. The van der Waals surface area contributed by atoms with Crippen molar-refractivity contribution >= 4 is 17.0 Å². The lowest BCUT2D eigenvalue weighted by molar-refractivity contribution is -0.144. The van der Waals surface area contributed by atoms with Crippen LogP contribution < -0.4 is 4.90 Å². The average molecular weight is 385 g/mol. The fourth-order valence-electron chi connectivity index (χ4n) is 2.93. The van der Waals surface area contributed by atoms with Crippen LogP contribution in [0, 0.1) is 11.6 Å². The van der Waals surface area contributed by atoms with E-state index in [0.717, 1.165) is 12.1 Å². The number of hydrogen-bond acceptors (Lipinski definition) is 5. The lowest BCUT2D eigenvalue weighted by atomic mass is 10.1. The number of morpholine rings is 1. The van der Waals surface area contributed by atoms with Crippen LogP contribution >= 0.6 is 0 Å². The molecule has 2 aromatic heterocycles. The number of aromatic nitrogens is 4. The lowest BCUT2D eigenvalue weighted by Crippen LogP contribution is -2.39. The standard InChI is InChI=1S/C16H12F5N5O/c17-9-2-1-8(5-10(9)18)11-6-26(3-4-27-11)14-12-13(23-7-22-12)24-15(25-14)16(19,20)21/h1-2,5,7,11H,3-4,6H2,(H,22,23,24,25). The van der Waals surface area contributed by atoms with Gasteiger partial charge in [-0.05, 0) is 17.7 Å². The molecule has 1 N–H and O–H groups in total. The van der Waals surface area contributed by atoms with Gasteiger partial charge < -0.3 is 14.6 Å². The van der Waals surface area contributed by atoms with Gasteiger partial charge in [-0.25, -0.2) is 23.7 Å². The van der Waals surface area contributed by atoms with Gasteiger partial charge in [-0.3, -0.25) is 0 Å². The molecule has 1 fully saturated rings. The summed E-state index contributed by atoms with van der Waals surface area (Å²) in [5, 5.41) is 0. The number of nitrogens with zero attached hydrogens (tertiary/aromatic N) is 4. The van der Waals surface area contributed by atoms with Gasteiger partial charge in [0.05, 0.1) is 12.9 Å². The zero-order valence-electron chi connectivity index (χ0n) is 13.6. The van der Waals surface area contributed by atoms with E-state index in [9.17, 15) is 22.0 Å². The zero-order chi connectivity index (χ0) is 19.2. The molecule has 1 aliphatic heterocycles. The Labute approximate surface area is 149 Å². The third-order valence-corrected chi connectivity index (χ3v) is 4.20. The molecule has 0 aliphatic carbocycles. The summed E-state index contributed by atoms with van der Waals surface area (Å²) in [5.41, 5.74) is 0.529. The molecule has 1 aliphatic rings. The smallest absolute Gasteiger partial charge is 0.370 e. The summed E-state index contributed by atoms with van der Waals surface area (Å²) in [6.07, 6.45) is -4.15. The van der Waals surface area contributed by atoms with Crippen molar-refractivity contribution in [3.63, 3.8) is 0 Å². The number of fused-ring (bicyclic) bond motifs is 1. The monoisotopic (exact) mass is 385 g/mol. The van der Waals surface area contributed by atoms with Crippen LogP contribution in [-0.2, 0) is 10.9 Å². The number of alkyl halides is 3. The number of aromatic amines is 1. The number of benzene rings is 1. The Morgan fingerprint density at radius 1 is 1.15 bits per heavy atom. The molecule has 3 aromatic rings. The topological polar surface area (TPSA) is 66.9 Å². The molecule has 142 valence electrons. The maximum Gasteiger partial charge on any atom is 0.451 e. The van der Waals surface area contributed by atoms with E-state index in [1.807, 2.05) is 0 Å². The quantitative estimate of drug-likeness (QED) is 0.686. The number of H-pyrrole nitrogens is 1. The molecule has 1 unspecified atom stereocenters. The first-order chi connectivity index (χ1) is 12.8. The second kappa shape index (κ2) is 6.41. The molecule has 1 aromatic carbocycles. The molecule has 1 saturated heterocycles. The molecule has 0 bridgehead atoms. The minimum Gasteiger partial charge on any atom is -0.370 e. The molecule has 0 radical (unpaired) electrons. The maximum atomic E-state index is 13.5. The van der Waals surface area contributed by atoms with E-state index in [0.29, 0.717) is 5.56 Å². The van der Waals surface area contributed by atoms with Crippen LogP contribution in [0.15, 0.2) is 24.5 Å². The molecule has 0 amide bonds. The molecule has 4 rings (SSSR count). The molecule has 3 heterocycles. The summed E-state index contributed by atoms with van der Waals surface area (Å²) in [5.74, 6) is -3.28. The highest BCUT2D eigenvalue weighted by Crippen LogP contribution is 2.33. The van der Waals surface area contributed by atoms with Gasteiger partial charge in [0, 0.05) is 13.1 Å². The first-order valence-electron chi connectivity index (χ1n) is 7.93. The summed E-state index contributed by atoms with van der Waals surface area (Å²) < 4.78 is 71.6. The lowest BCUT2D eigenvalue weighted by Gasteiger charge is -2.34. The Balaban J connectivity index is 1.70. The second-order valence-electron chi connectivity index (χ2n) is 5.95. The van der Waals surface area contributed by atoms with Gasteiger partial charge in [-0.2, -0.15) is 13.2 Å². The summed E-state index contributed by atoms with van der Waals surface area (Å²) >= 11 is 0. The minimum atomic E-state index is -4.73. The highest BCUT2D eigenvalue weighted by atomic mass is 19.4. The minimum absolute atomic E-state index is 0.0284. The Morgan fingerprint density at radius 3 is 2.70 bits per heavy atom. The molecule has 6 nitrogen and oxygen atoms in total. The van der Waals surface area contributed by atoms with E-state index >= 15 is 0 Å². The predicted molar refractivity (Wildman–Crippen MR) is 83.9 cm³/mol. The van der Waals surface area contributed by atoms with Gasteiger partial charge in [0.25, 0.3) is 0 Å². The fraction of sp³-hybridized carbons (Fsp3) is 0.312. The van der Waals surface area contributed by atoms with Crippen LogP contribution in [0.25, 0.3) is 11.2 Å². The highest BCUT2D eigenvalue weighted by Gasteiger charge is 2.37. The number of anilines is 1. The van der Waals surface area contributed by atoms with Gasteiger partial charge in [-0.1, -0.05) is 6.07 Å². The van der Waals surface area contributed by atoms with Gasteiger partial charge in [0.15, 0.2) is 23.1 Å². The normalized spacial score (nSPS) is 18.3. The van der Waals surface area contributed by atoms with Crippen LogP contribution in [0.4, 0.5) is 27.8 Å². The van der Waals surface area contributed by atoms with Gasteiger partial charge in [0.1, 0.15) is 11.6 Å². The van der Waals surface area contributed by atoms with E-state index < -0.39 is 29.7 Å². The van der Waals surface area contributed by atoms with Crippen molar-refractivity contribution in [1.82, 2.24) is 19.9 Å². The molecule has 0 saturated carbocycles. The Bertz CT molecular complexity index is 989. The van der Waals surface area contributed by atoms with Crippen molar-refractivity contribution in [3.8, 4) is 0 Å². The van der Waals surface area contributed by atoms with Crippen LogP contribution in [0.3, 0.4) is 0 Å². The van der Waals surface area contributed by atoms with Crippen molar-refractivity contribution in [3.05, 3.63) is 47.5 Å². The number of hydrogen-bond donors (Lipinski definition) is 1. The Hall–Kier alpha value is -2.82. The van der Waals surface area contributed by atoms with Crippen LogP contribution in [-0.4, -0.2) is 39.6 Å².